The average Bonchev–Trinajstić information content (AvgIpc) is 3.60. The van der Waals surface area contributed by atoms with Gasteiger partial charge in [-0.3, -0.25) is 33.7 Å². The third-order valence-electron chi connectivity index (χ3n) is 10.4. The third-order valence-corrected chi connectivity index (χ3v) is 11.5. The van der Waals surface area contributed by atoms with Crippen LogP contribution >= 0.6 is 11.3 Å². The maximum absolute atomic E-state index is 14.7. The first-order chi connectivity index (χ1) is 27.8. The molecule has 1 aromatic heterocycles. The molecule has 0 unspecified atom stereocenters. The summed E-state index contributed by atoms with van der Waals surface area (Å²) in [7, 11) is 0. The zero-order valence-corrected chi connectivity index (χ0v) is 38.5. The van der Waals surface area contributed by atoms with Crippen molar-refractivity contribution in [2.75, 3.05) is 18.0 Å². The number of imide groups is 3. The maximum atomic E-state index is 14.7. The molecule has 0 atom stereocenters. The van der Waals surface area contributed by atoms with E-state index in [1.807, 2.05) is 26.8 Å². The maximum Gasteiger partial charge on any atom is 0.286 e. The van der Waals surface area contributed by atoms with Crippen LogP contribution in [0.1, 0.15) is 169 Å². The normalized spacial score (nSPS) is 14.3. The van der Waals surface area contributed by atoms with Crippen LogP contribution in [-0.4, -0.2) is 68.4 Å². The van der Waals surface area contributed by atoms with E-state index in [4.69, 9.17) is 4.98 Å². The number of hydrogen-bond donors (Lipinski definition) is 0. The molecule has 0 aliphatic carbocycles. The Bertz CT molecular complexity index is 1850. The molecule has 0 spiro atoms. The molecular formula is C47H69N5O6S. The van der Waals surface area contributed by atoms with Gasteiger partial charge >= 0.3 is 0 Å². The van der Waals surface area contributed by atoms with E-state index in [1.165, 1.54) is 76.6 Å². The van der Waals surface area contributed by atoms with Crippen LogP contribution in [-0.2, 0) is 40.7 Å². The molecule has 1 aliphatic heterocycles. The summed E-state index contributed by atoms with van der Waals surface area (Å²) >= 11 is 1.45. The van der Waals surface area contributed by atoms with E-state index in [0.29, 0.717) is 20.5 Å². The molecule has 6 amide bonds. The number of rotatable bonds is 20. The largest absolute Gasteiger partial charge is 0.348 e. The molecule has 0 saturated heterocycles. The van der Waals surface area contributed by atoms with E-state index in [2.05, 4.69) is 18.7 Å². The van der Waals surface area contributed by atoms with Gasteiger partial charge < -0.3 is 4.90 Å². The number of carbonyl (C=O) groups excluding carboxylic acids is 6. The molecule has 59 heavy (non-hydrogen) atoms. The summed E-state index contributed by atoms with van der Waals surface area (Å²) in [5, 5.41) is 1.83. The first-order valence-corrected chi connectivity index (χ1v) is 22.4. The van der Waals surface area contributed by atoms with Crippen LogP contribution in [0.25, 0.3) is 6.08 Å². The number of amides is 6. The van der Waals surface area contributed by atoms with E-state index in [-0.39, 0.29) is 17.7 Å². The van der Waals surface area contributed by atoms with Crippen molar-refractivity contribution in [3.63, 3.8) is 0 Å². The molecule has 0 saturated carbocycles. The Morgan fingerprint density at radius 2 is 1.27 bits per heavy atom. The summed E-state index contributed by atoms with van der Waals surface area (Å²) in [4.78, 5) is 93.2. The van der Waals surface area contributed by atoms with Crippen molar-refractivity contribution in [1.29, 1.82) is 0 Å². The molecule has 0 N–H and O–H groups in total. The number of benzene rings is 1. The van der Waals surface area contributed by atoms with E-state index < -0.39 is 51.8 Å². The van der Waals surface area contributed by atoms with Gasteiger partial charge in [0.2, 0.25) is 11.8 Å². The summed E-state index contributed by atoms with van der Waals surface area (Å²) in [6, 6.07) is 8.87. The lowest BCUT2D eigenvalue weighted by Crippen LogP contribution is -2.60. The molecule has 1 aliphatic rings. The number of hydrogen-bond acceptors (Lipinski definition) is 9. The minimum atomic E-state index is -1.18. The van der Waals surface area contributed by atoms with Gasteiger partial charge in [-0.2, -0.15) is 10.0 Å². The lowest BCUT2D eigenvalue weighted by atomic mass is 9.89. The number of thiazole rings is 1. The lowest BCUT2D eigenvalue weighted by Gasteiger charge is -2.38. The number of aromatic nitrogens is 1. The molecule has 0 bridgehead atoms. The van der Waals surface area contributed by atoms with Crippen LogP contribution in [0.15, 0.2) is 47.1 Å². The van der Waals surface area contributed by atoms with E-state index >= 15 is 0 Å². The van der Waals surface area contributed by atoms with E-state index in [0.717, 1.165) is 61.4 Å². The van der Waals surface area contributed by atoms with Gasteiger partial charge in [-0.15, -0.1) is 0 Å². The molecular weight excluding hydrogens is 763 g/mol. The van der Waals surface area contributed by atoms with Crippen molar-refractivity contribution >= 4 is 58.0 Å². The highest BCUT2D eigenvalue weighted by atomic mass is 32.1. The Morgan fingerprint density at radius 3 is 1.75 bits per heavy atom. The summed E-state index contributed by atoms with van der Waals surface area (Å²) in [5.74, 6) is -5.33. The minimum Gasteiger partial charge on any atom is -0.348 e. The van der Waals surface area contributed by atoms with Crippen LogP contribution in [0.5, 0.6) is 0 Å². The molecule has 324 valence electrons. The van der Waals surface area contributed by atoms with Crippen LogP contribution in [0.3, 0.4) is 0 Å². The first-order valence-electron chi connectivity index (χ1n) is 21.5. The summed E-state index contributed by atoms with van der Waals surface area (Å²) in [6.45, 7) is 20.7. The number of hydrazine groups is 1. The topological polar surface area (TPSA) is 128 Å². The van der Waals surface area contributed by atoms with Crippen molar-refractivity contribution in [3.8, 4) is 0 Å². The number of unbranched alkanes of at least 4 members (excludes halogenated alkanes) is 10. The molecule has 2 heterocycles. The smallest absolute Gasteiger partial charge is 0.286 e. The molecule has 12 heteroatoms. The van der Waals surface area contributed by atoms with Crippen LogP contribution < -0.4 is 4.90 Å². The SMILES string of the molecule is CCCCCCCCN(CCCCCCCC)c1nc(C(C)(C)C)c(/C=C2\C(=O)N(N(C(C)=O)C(=O)C(C)(C)C)C(=O)C(C(=O)N(Cc3ccccc3)C(C)=O)=C2C)s1. The Labute approximate surface area is 357 Å². The number of nitrogens with zero attached hydrogens (tertiary/aromatic N) is 5. The second-order valence-corrected chi connectivity index (χ2v) is 18.8. The van der Waals surface area contributed by atoms with Crippen molar-refractivity contribution < 1.29 is 28.8 Å². The summed E-state index contributed by atoms with van der Waals surface area (Å²) < 4.78 is 0. The lowest BCUT2D eigenvalue weighted by molar-refractivity contribution is -0.180. The fourth-order valence-corrected chi connectivity index (χ4v) is 8.25. The van der Waals surface area contributed by atoms with Crippen molar-refractivity contribution in [1.82, 2.24) is 19.9 Å². The Morgan fingerprint density at radius 1 is 0.746 bits per heavy atom. The first kappa shape index (κ1) is 48.9. The summed E-state index contributed by atoms with van der Waals surface area (Å²) in [6.07, 6.45) is 15.6. The molecule has 2 aromatic rings. The highest BCUT2D eigenvalue weighted by Crippen LogP contribution is 2.39. The van der Waals surface area contributed by atoms with Crippen molar-refractivity contribution in [2.45, 2.75) is 165 Å². The number of anilines is 1. The molecule has 11 nitrogen and oxygen atoms in total. The molecule has 0 radical (unpaired) electrons. The molecule has 3 rings (SSSR count). The van der Waals surface area contributed by atoms with Crippen molar-refractivity contribution in [2.24, 2.45) is 5.41 Å². The van der Waals surface area contributed by atoms with Gasteiger partial charge in [-0.25, -0.2) is 4.98 Å². The van der Waals surface area contributed by atoms with Gasteiger partial charge in [0.05, 0.1) is 17.1 Å². The van der Waals surface area contributed by atoms with Gasteiger partial charge in [-0.05, 0) is 37.0 Å². The van der Waals surface area contributed by atoms with Crippen LogP contribution in [0.2, 0.25) is 0 Å². The zero-order valence-electron chi connectivity index (χ0n) is 37.7. The minimum absolute atomic E-state index is 0.0399. The van der Waals surface area contributed by atoms with Crippen LogP contribution in [0.4, 0.5) is 5.13 Å². The van der Waals surface area contributed by atoms with Gasteiger partial charge in [0.1, 0.15) is 5.57 Å². The van der Waals surface area contributed by atoms with Gasteiger partial charge in [0.15, 0.2) is 5.13 Å². The monoisotopic (exact) mass is 831 g/mol. The summed E-state index contributed by atoms with van der Waals surface area (Å²) in [5.41, 5.74) is -0.761. The Kier molecular flexibility index (Phi) is 18.4. The fourth-order valence-electron chi connectivity index (χ4n) is 6.98. The second kappa shape index (κ2) is 22.2. The van der Waals surface area contributed by atoms with Crippen molar-refractivity contribution in [3.05, 3.63) is 63.2 Å². The van der Waals surface area contributed by atoms with Gasteiger partial charge in [0.25, 0.3) is 23.6 Å². The highest BCUT2D eigenvalue weighted by Gasteiger charge is 2.48. The highest BCUT2D eigenvalue weighted by molar-refractivity contribution is 7.16. The number of carbonyl (C=O) groups is 6. The Hall–Kier alpha value is -4.45. The van der Waals surface area contributed by atoms with E-state index in [1.54, 1.807) is 51.1 Å². The van der Waals surface area contributed by atoms with Gasteiger partial charge in [0, 0.05) is 43.3 Å². The molecule has 0 fully saturated rings. The Balaban J connectivity index is 2.26. The quantitative estimate of drug-likeness (QED) is 0.0559. The third kappa shape index (κ3) is 13.3. The standard InChI is InChI=1S/C47H69N5O6S/c1-12-14-16-18-20-25-29-49(30-26-21-19-17-15-13-2)45-48-40(46(6,7)8)38(59-45)31-37-33(3)39(42(56)50(34(4)53)32-36-27-23-22-24-28-36)43(57)52(41(37)55)51(35(5)54)44(58)47(9,10)11/h22-24,27-28,31H,12-21,25-26,29-30,32H2,1-11H3/b37-31-. The molecule has 1 aromatic carbocycles. The second-order valence-electron chi connectivity index (χ2n) is 17.7. The zero-order chi connectivity index (χ0) is 44.1. The van der Waals surface area contributed by atoms with Crippen LogP contribution in [0, 0.1) is 5.41 Å². The van der Waals surface area contributed by atoms with Gasteiger partial charge in [-0.1, -0.05) is 161 Å². The van der Waals surface area contributed by atoms with E-state index in [9.17, 15) is 28.8 Å². The predicted molar refractivity (Wildman–Crippen MR) is 237 cm³/mol. The fraction of sp³-hybridized carbons (Fsp3) is 0.596. The average molecular weight is 832 g/mol. The predicted octanol–water partition coefficient (Wildman–Crippen LogP) is 9.95.